The topological polar surface area (TPSA) is 32.3 Å². The van der Waals surface area contributed by atoms with Gasteiger partial charge in [0, 0.05) is 20.6 Å². The van der Waals surface area contributed by atoms with Crippen LogP contribution in [0.15, 0.2) is 24.3 Å². The molecule has 0 fully saturated rings. The first-order valence-corrected chi connectivity index (χ1v) is 5.42. The van der Waals surface area contributed by atoms with Crippen LogP contribution in [0.25, 0.3) is 0 Å². The summed E-state index contributed by atoms with van der Waals surface area (Å²) in [5, 5.41) is 2.53. The molecule has 3 nitrogen and oxygen atoms in total. The SMILES string of the molecule is CN(C)C(=O)NCCc1ccccc1C(F)(F)F. The lowest BCUT2D eigenvalue weighted by Gasteiger charge is -2.14. The molecule has 18 heavy (non-hydrogen) atoms. The first-order valence-electron chi connectivity index (χ1n) is 5.42. The van der Waals surface area contributed by atoms with E-state index in [0.717, 1.165) is 6.07 Å². The van der Waals surface area contributed by atoms with Crippen LogP contribution >= 0.6 is 0 Å². The molecule has 0 aliphatic rings. The molecule has 1 N–H and O–H groups in total. The summed E-state index contributed by atoms with van der Waals surface area (Å²) in [6.45, 7) is 0.171. The maximum absolute atomic E-state index is 12.7. The Morgan fingerprint density at radius 2 is 1.89 bits per heavy atom. The molecule has 6 heteroatoms. The minimum atomic E-state index is -4.36. The number of amides is 2. The highest BCUT2D eigenvalue weighted by atomic mass is 19.4. The van der Waals surface area contributed by atoms with Crippen LogP contribution in [0.2, 0.25) is 0 Å². The fourth-order valence-electron chi connectivity index (χ4n) is 1.48. The monoisotopic (exact) mass is 260 g/mol. The van der Waals surface area contributed by atoms with Crippen molar-refractivity contribution < 1.29 is 18.0 Å². The van der Waals surface area contributed by atoms with Gasteiger partial charge in [-0.15, -0.1) is 0 Å². The number of nitrogens with one attached hydrogen (secondary N) is 1. The Morgan fingerprint density at radius 1 is 1.28 bits per heavy atom. The molecule has 100 valence electrons. The zero-order chi connectivity index (χ0) is 13.8. The number of rotatable bonds is 3. The number of halogens is 3. The van der Waals surface area contributed by atoms with E-state index in [1.807, 2.05) is 0 Å². The van der Waals surface area contributed by atoms with Crippen molar-refractivity contribution in [3.63, 3.8) is 0 Å². The molecule has 0 heterocycles. The summed E-state index contributed by atoms with van der Waals surface area (Å²) in [4.78, 5) is 12.5. The van der Waals surface area contributed by atoms with Gasteiger partial charge in [-0.1, -0.05) is 18.2 Å². The van der Waals surface area contributed by atoms with E-state index < -0.39 is 11.7 Å². The minimum Gasteiger partial charge on any atom is -0.338 e. The third kappa shape index (κ3) is 3.94. The molecule has 0 radical (unpaired) electrons. The van der Waals surface area contributed by atoms with E-state index in [1.165, 1.54) is 17.0 Å². The van der Waals surface area contributed by atoms with E-state index in [-0.39, 0.29) is 24.6 Å². The second-order valence-electron chi connectivity index (χ2n) is 4.03. The van der Waals surface area contributed by atoms with E-state index in [2.05, 4.69) is 5.32 Å². The number of carbonyl (C=O) groups is 1. The quantitative estimate of drug-likeness (QED) is 0.889. The number of hydrogen-bond donors (Lipinski definition) is 1. The molecule has 0 saturated carbocycles. The van der Waals surface area contributed by atoms with Crippen molar-refractivity contribution in [3.8, 4) is 0 Å². The molecule has 0 spiro atoms. The van der Waals surface area contributed by atoms with Crippen LogP contribution in [0.3, 0.4) is 0 Å². The van der Waals surface area contributed by atoms with Crippen LogP contribution in [0.4, 0.5) is 18.0 Å². The Kier molecular flexibility index (Phi) is 4.58. The molecule has 1 rings (SSSR count). The fraction of sp³-hybridized carbons (Fsp3) is 0.417. The normalized spacial score (nSPS) is 11.2. The summed E-state index contributed by atoms with van der Waals surface area (Å²) in [6, 6.07) is 5.05. The molecular weight excluding hydrogens is 245 g/mol. The van der Waals surface area contributed by atoms with Crippen molar-refractivity contribution in [2.24, 2.45) is 0 Å². The molecule has 0 saturated heterocycles. The van der Waals surface area contributed by atoms with Crippen LogP contribution in [-0.2, 0) is 12.6 Å². The zero-order valence-corrected chi connectivity index (χ0v) is 10.2. The Labute approximate surface area is 104 Å². The van der Waals surface area contributed by atoms with Gasteiger partial charge >= 0.3 is 12.2 Å². The first kappa shape index (κ1) is 14.3. The van der Waals surface area contributed by atoms with Gasteiger partial charge in [0.2, 0.25) is 0 Å². The second kappa shape index (κ2) is 5.75. The highest BCUT2D eigenvalue weighted by Crippen LogP contribution is 2.31. The molecule has 2 amide bonds. The lowest BCUT2D eigenvalue weighted by atomic mass is 10.0. The van der Waals surface area contributed by atoms with Gasteiger partial charge < -0.3 is 10.2 Å². The van der Waals surface area contributed by atoms with Crippen molar-refractivity contribution in [1.29, 1.82) is 0 Å². The van der Waals surface area contributed by atoms with Gasteiger partial charge in [0.15, 0.2) is 0 Å². The minimum absolute atomic E-state index is 0.148. The van der Waals surface area contributed by atoms with E-state index in [1.54, 1.807) is 20.2 Å². The fourth-order valence-corrected chi connectivity index (χ4v) is 1.48. The van der Waals surface area contributed by atoms with Crippen LogP contribution < -0.4 is 5.32 Å². The highest BCUT2D eigenvalue weighted by Gasteiger charge is 2.32. The van der Waals surface area contributed by atoms with Gasteiger partial charge in [0.05, 0.1) is 5.56 Å². The summed E-state index contributed by atoms with van der Waals surface area (Å²) in [5.74, 6) is 0. The Hall–Kier alpha value is -1.72. The van der Waals surface area contributed by atoms with E-state index in [0.29, 0.717) is 0 Å². The summed E-state index contributed by atoms with van der Waals surface area (Å²) >= 11 is 0. The Bertz CT molecular complexity index is 416. The average Bonchev–Trinajstić information content (AvgIpc) is 2.28. The van der Waals surface area contributed by atoms with E-state index >= 15 is 0 Å². The summed E-state index contributed by atoms with van der Waals surface area (Å²) in [5.41, 5.74) is -0.465. The molecule has 0 aliphatic carbocycles. The molecule has 0 unspecified atom stereocenters. The third-order valence-electron chi connectivity index (χ3n) is 2.40. The predicted molar refractivity (Wildman–Crippen MR) is 62.2 cm³/mol. The smallest absolute Gasteiger partial charge is 0.338 e. The van der Waals surface area contributed by atoms with Crippen LogP contribution in [0.1, 0.15) is 11.1 Å². The van der Waals surface area contributed by atoms with Crippen molar-refractivity contribution in [1.82, 2.24) is 10.2 Å². The van der Waals surface area contributed by atoms with Gasteiger partial charge in [0.1, 0.15) is 0 Å². The van der Waals surface area contributed by atoms with Crippen molar-refractivity contribution in [3.05, 3.63) is 35.4 Å². The van der Waals surface area contributed by atoms with Crippen LogP contribution in [-0.4, -0.2) is 31.6 Å². The van der Waals surface area contributed by atoms with Gasteiger partial charge in [0.25, 0.3) is 0 Å². The summed E-state index contributed by atoms with van der Waals surface area (Å²) in [6.07, 6.45) is -4.21. The van der Waals surface area contributed by atoms with E-state index in [9.17, 15) is 18.0 Å². The Balaban J connectivity index is 2.66. The maximum atomic E-state index is 12.7. The number of carbonyl (C=O) groups excluding carboxylic acids is 1. The van der Waals surface area contributed by atoms with Crippen molar-refractivity contribution in [2.75, 3.05) is 20.6 Å². The average molecular weight is 260 g/mol. The summed E-state index contributed by atoms with van der Waals surface area (Å²) in [7, 11) is 3.14. The molecule has 1 aromatic rings. The molecule has 0 aliphatic heterocycles. The number of benzene rings is 1. The van der Waals surface area contributed by atoms with Gasteiger partial charge in [-0.25, -0.2) is 4.79 Å². The number of hydrogen-bond acceptors (Lipinski definition) is 1. The molecule has 0 aromatic heterocycles. The van der Waals surface area contributed by atoms with Gasteiger partial charge in [-0.2, -0.15) is 13.2 Å². The predicted octanol–water partition coefficient (Wildman–Crippen LogP) is 2.52. The molecular formula is C12H15F3N2O. The first-order chi connectivity index (χ1) is 8.32. The van der Waals surface area contributed by atoms with Crippen LogP contribution in [0.5, 0.6) is 0 Å². The number of urea groups is 1. The molecule has 0 atom stereocenters. The second-order valence-corrected chi connectivity index (χ2v) is 4.03. The zero-order valence-electron chi connectivity index (χ0n) is 10.2. The van der Waals surface area contributed by atoms with E-state index in [4.69, 9.17) is 0 Å². The lowest BCUT2D eigenvalue weighted by Crippen LogP contribution is -2.35. The lowest BCUT2D eigenvalue weighted by molar-refractivity contribution is -0.138. The third-order valence-corrected chi connectivity index (χ3v) is 2.40. The highest BCUT2D eigenvalue weighted by molar-refractivity contribution is 5.73. The van der Waals surface area contributed by atoms with Gasteiger partial charge in [-0.05, 0) is 18.1 Å². The number of nitrogens with zero attached hydrogens (tertiary/aromatic N) is 1. The van der Waals surface area contributed by atoms with Gasteiger partial charge in [-0.3, -0.25) is 0 Å². The molecule has 1 aromatic carbocycles. The number of alkyl halides is 3. The molecule has 0 bridgehead atoms. The largest absolute Gasteiger partial charge is 0.416 e. The summed E-state index contributed by atoms with van der Waals surface area (Å²) < 4.78 is 38.0. The Morgan fingerprint density at radius 3 is 2.44 bits per heavy atom. The standard InChI is InChI=1S/C12H15F3N2O/c1-17(2)11(18)16-8-7-9-5-3-4-6-10(9)12(13,14)15/h3-6H,7-8H2,1-2H3,(H,16,18). The van der Waals surface area contributed by atoms with Crippen molar-refractivity contribution in [2.45, 2.75) is 12.6 Å². The maximum Gasteiger partial charge on any atom is 0.416 e. The van der Waals surface area contributed by atoms with Crippen molar-refractivity contribution >= 4 is 6.03 Å². The van der Waals surface area contributed by atoms with Crippen LogP contribution in [0, 0.1) is 0 Å².